The standard InChI is InChI=1S/C26H27F2N5OS4/c27-21-10-16(11-23(30-21)38-26(35,36)37)14-3-6-18(20(34)9-14)25-29-12-22(31-32-25)33(17-4-5-17)19-8-13-1-2-15(7-13)24(19)28/h3,6,9-13,15,17,19,24,34-37H,1-2,4-5,7-8H2/t13-,15+,19+,24-/m0/s1. The summed E-state index contributed by atoms with van der Waals surface area (Å²) < 4.78 is 28.5. The number of rotatable bonds is 7. The van der Waals surface area contributed by atoms with Crippen LogP contribution in [-0.2, 0) is 0 Å². The van der Waals surface area contributed by atoms with Crippen LogP contribution in [-0.4, -0.2) is 46.3 Å². The Balaban J connectivity index is 1.24. The summed E-state index contributed by atoms with van der Waals surface area (Å²) in [5, 5.41) is 19.9. The lowest BCUT2D eigenvalue weighted by molar-refractivity contribution is 0.140. The van der Waals surface area contributed by atoms with E-state index in [1.165, 1.54) is 12.1 Å². The highest BCUT2D eigenvalue weighted by molar-refractivity contribution is 8.36. The van der Waals surface area contributed by atoms with Gasteiger partial charge in [0.25, 0.3) is 0 Å². The molecule has 2 bridgehead atoms. The van der Waals surface area contributed by atoms with Crippen LogP contribution in [0.5, 0.6) is 5.75 Å². The average Bonchev–Trinajstić information content (AvgIpc) is 3.61. The topological polar surface area (TPSA) is 75.0 Å². The minimum Gasteiger partial charge on any atom is -0.507 e. The zero-order chi connectivity index (χ0) is 26.6. The normalized spacial score (nSPS) is 25.0. The second kappa shape index (κ2) is 10.3. The van der Waals surface area contributed by atoms with Crippen molar-refractivity contribution >= 4 is 55.5 Å². The first-order chi connectivity index (χ1) is 18.1. The molecule has 12 heteroatoms. The highest BCUT2D eigenvalue weighted by atomic mass is 32.3. The molecule has 0 unspecified atom stereocenters. The van der Waals surface area contributed by atoms with E-state index in [4.69, 9.17) is 0 Å². The quantitative estimate of drug-likeness (QED) is 0.109. The van der Waals surface area contributed by atoms with Crippen molar-refractivity contribution in [3.8, 4) is 28.3 Å². The number of pyridine rings is 1. The second-order valence-electron chi connectivity index (χ2n) is 10.4. The number of phenolic OH excluding ortho intramolecular Hbond substituents is 1. The van der Waals surface area contributed by atoms with E-state index < -0.39 is 14.9 Å². The van der Waals surface area contributed by atoms with E-state index in [1.807, 2.05) is 0 Å². The summed E-state index contributed by atoms with van der Waals surface area (Å²) in [4.78, 5) is 10.5. The number of fused-ring (bicyclic) bond motifs is 2. The largest absolute Gasteiger partial charge is 0.507 e. The fourth-order valence-electron chi connectivity index (χ4n) is 5.89. The van der Waals surface area contributed by atoms with Crippen LogP contribution in [0.2, 0.25) is 0 Å². The molecule has 3 aliphatic rings. The smallest absolute Gasteiger partial charge is 0.214 e. The van der Waals surface area contributed by atoms with E-state index in [0.717, 1.165) is 50.3 Å². The number of phenols is 1. The second-order valence-corrected chi connectivity index (χ2v) is 15.6. The lowest BCUT2D eigenvalue weighted by atomic mass is 9.83. The maximum Gasteiger partial charge on any atom is 0.214 e. The van der Waals surface area contributed by atoms with Crippen molar-refractivity contribution < 1.29 is 13.9 Å². The Morgan fingerprint density at radius 2 is 1.82 bits per heavy atom. The third kappa shape index (κ3) is 5.59. The maximum absolute atomic E-state index is 15.4. The summed E-state index contributed by atoms with van der Waals surface area (Å²) in [6.07, 6.45) is 6.78. The molecule has 0 radical (unpaired) electrons. The molecule has 2 aromatic heterocycles. The first-order valence-electron chi connectivity index (χ1n) is 12.6. The predicted molar refractivity (Wildman–Crippen MR) is 155 cm³/mol. The van der Waals surface area contributed by atoms with Crippen molar-refractivity contribution in [3.05, 3.63) is 42.5 Å². The van der Waals surface area contributed by atoms with E-state index in [-0.39, 0.29) is 29.6 Å². The van der Waals surface area contributed by atoms with Gasteiger partial charge in [-0.15, -0.1) is 48.1 Å². The molecule has 3 aliphatic carbocycles. The van der Waals surface area contributed by atoms with Gasteiger partial charge in [0, 0.05) is 12.1 Å². The number of hydrogen-bond acceptors (Lipinski definition) is 10. The van der Waals surface area contributed by atoms with Gasteiger partial charge in [-0.2, -0.15) is 4.39 Å². The van der Waals surface area contributed by atoms with Gasteiger partial charge in [-0.05, 0) is 79.7 Å². The van der Waals surface area contributed by atoms with Gasteiger partial charge in [-0.1, -0.05) is 17.8 Å². The van der Waals surface area contributed by atoms with Crippen LogP contribution in [0.3, 0.4) is 0 Å². The number of aromatic hydroxyl groups is 1. The number of hydrogen-bond donors (Lipinski definition) is 4. The lowest BCUT2D eigenvalue weighted by Gasteiger charge is -2.40. The molecule has 1 aromatic carbocycles. The Hall–Kier alpha value is -1.76. The number of aromatic nitrogens is 4. The summed E-state index contributed by atoms with van der Waals surface area (Å²) in [6, 6.07) is 8.00. The minimum atomic E-state index is -1.03. The summed E-state index contributed by atoms with van der Waals surface area (Å²) in [5.41, 5.74) is 1.51. The van der Waals surface area contributed by atoms with Crippen molar-refractivity contribution in [1.82, 2.24) is 20.2 Å². The van der Waals surface area contributed by atoms with Crippen molar-refractivity contribution in [2.75, 3.05) is 4.90 Å². The molecular formula is C26H27F2N5OS4. The molecule has 6 nitrogen and oxygen atoms in total. The van der Waals surface area contributed by atoms with Crippen LogP contribution >= 0.6 is 49.6 Å². The van der Waals surface area contributed by atoms with Crippen LogP contribution < -0.4 is 4.90 Å². The van der Waals surface area contributed by atoms with Crippen molar-refractivity contribution in [1.29, 1.82) is 0 Å². The fourth-order valence-corrected chi connectivity index (χ4v) is 7.33. The number of anilines is 1. The van der Waals surface area contributed by atoms with Gasteiger partial charge in [-0.25, -0.2) is 14.4 Å². The molecule has 0 spiro atoms. The van der Waals surface area contributed by atoms with Crippen LogP contribution in [0.15, 0.2) is 41.6 Å². The highest BCUT2D eigenvalue weighted by Gasteiger charge is 2.48. The molecule has 3 fully saturated rings. The Kier molecular flexibility index (Phi) is 7.19. The first kappa shape index (κ1) is 26.5. The number of nitrogens with zero attached hydrogens (tertiary/aromatic N) is 5. The molecule has 0 amide bonds. The molecule has 4 atom stereocenters. The molecule has 3 saturated carbocycles. The molecule has 0 saturated heterocycles. The van der Waals surface area contributed by atoms with Gasteiger partial charge < -0.3 is 10.0 Å². The zero-order valence-corrected chi connectivity index (χ0v) is 23.8. The van der Waals surface area contributed by atoms with Crippen LogP contribution in [0.1, 0.15) is 38.5 Å². The Labute approximate surface area is 240 Å². The third-order valence-corrected chi connectivity index (χ3v) is 9.18. The predicted octanol–water partition coefficient (Wildman–Crippen LogP) is 6.43. The number of alkyl halides is 1. The average molecular weight is 592 g/mol. The van der Waals surface area contributed by atoms with Crippen molar-refractivity contribution in [2.45, 2.75) is 64.5 Å². The molecular weight excluding hydrogens is 565 g/mol. The maximum atomic E-state index is 15.4. The molecule has 2 heterocycles. The monoisotopic (exact) mass is 591 g/mol. The summed E-state index contributed by atoms with van der Waals surface area (Å²) in [7, 11) is 0. The van der Waals surface area contributed by atoms with E-state index in [0.29, 0.717) is 33.5 Å². The van der Waals surface area contributed by atoms with Gasteiger partial charge in [0.05, 0.1) is 17.8 Å². The number of halogens is 2. The SMILES string of the molecule is Oc1cc(-c2cc(F)nc(SC(S)(S)S)c2)ccc1-c1ncc(N(C2CC2)[C@@H]2C[C@H]3CC[C@H](C3)[C@@H]2F)nn1. The van der Waals surface area contributed by atoms with Gasteiger partial charge in [-0.3, -0.25) is 0 Å². The number of thiol groups is 3. The van der Waals surface area contributed by atoms with Gasteiger partial charge in [0.1, 0.15) is 16.9 Å². The first-order valence-corrected chi connectivity index (χ1v) is 14.8. The van der Waals surface area contributed by atoms with Crippen molar-refractivity contribution in [3.63, 3.8) is 0 Å². The molecule has 38 heavy (non-hydrogen) atoms. The zero-order valence-electron chi connectivity index (χ0n) is 20.3. The molecule has 1 N–H and O–H groups in total. The van der Waals surface area contributed by atoms with E-state index in [9.17, 15) is 9.50 Å². The van der Waals surface area contributed by atoms with Crippen LogP contribution in [0, 0.1) is 17.8 Å². The fraction of sp³-hybridized carbons (Fsp3) is 0.462. The molecule has 3 aromatic rings. The third-order valence-electron chi connectivity index (χ3n) is 7.67. The highest BCUT2D eigenvalue weighted by Crippen LogP contribution is 2.48. The Bertz CT molecular complexity index is 1340. The minimum absolute atomic E-state index is 0.0675. The number of benzene rings is 1. The summed E-state index contributed by atoms with van der Waals surface area (Å²) >= 11 is 13.7. The van der Waals surface area contributed by atoms with Gasteiger partial charge in [0.2, 0.25) is 5.95 Å². The molecule has 0 aliphatic heterocycles. The molecule has 6 rings (SSSR count). The Morgan fingerprint density at radius 3 is 2.50 bits per heavy atom. The lowest BCUT2D eigenvalue weighted by Crippen LogP contribution is -2.49. The van der Waals surface area contributed by atoms with Crippen LogP contribution in [0.25, 0.3) is 22.5 Å². The van der Waals surface area contributed by atoms with Gasteiger partial charge >= 0.3 is 0 Å². The van der Waals surface area contributed by atoms with Crippen molar-refractivity contribution in [2.24, 2.45) is 11.8 Å². The summed E-state index contributed by atoms with van der Waals surface area (Å²) in [5.74, 6) is 0.854. The van der Waals surface area contributed by atoms with Crippen LogP contribution in [0.4, 0.5) is 14.6 Å². The van der Waals surface area contributed by atoms with Gasteiger partial charge in [0.15, 0.2) is 14.4 Å². The van der Waals surface area contributed by atoms with E-state index in [1.54, 1.807) is 24.4 Å². The summed E-state index contributed by atoms with van der Waals surface area (Å²) in [6.45, 7) is 0. The van der Waals surface area contributed by atoms with E-state index in [2.05, 4.69) is 63.0 Å². The van der Waals surface area contributed by atoms with E-state index >= 15 is 4.39 Å². The molecule has 200 valence electrons. The number of thioether (sulfide) groups is 1. The Morgan fingerprint density at radius 1 is 1.00 bits per heavy atom.